The highest BCUT2D eigenvalue weighted by Gasteiger charge is 2.24. The zero-order valence-corrected chi connectivity index (χ0v) is 13.3. The summed E-state index contributed by atoms with van der Waals surface area (Å²) in [4.78, 5) is 16.6. The van der Waals surface area contributed by atoms with Crippen molar-refractivity contribution in [3.63, 3.8) is 0 Å². The fourth-order valence-corrected chi connectivity index (χ4v) is 2.31. The monoisotopic (exact) mass is 318 g/mol. The number of aryl methyl sites for hydroxylation is 1. The molecule has 6 heteroatoms. The topological polar surface area (TPSA) is 95.6 Å². The van der Waals surface area contributed by atoms with Gasteiger partial charge in [0.2, 0.25) is 11.7 Å². The summed E-state index contributed by atoms with van der Waals surface area (Å²) in [7, 11) is 0. The number of carbonyl (C=O) groups is 1. The average Bonchev–Trinajstić information content (AvgIpc) is 2.95. The first-order valence-electron chi connectivity index (χ1n) is 7.69. The van der Waals surface area contributed by atoms with Crippen molar-refractivity contribution in [3.8, 4) is 11.5 Å². The van der Waals surface area contributed by atoms with Crippen molar-refractivity contribution in [2.45, 2.75) is 38.8 Å². The van der Waals surface area contributed by atoms with Gasteiger partial charge in [0.15, 0.2) is 0 Å². The molecule has 0 aliphatic carbocycles. The first-order chi connectivity index (χ1) is 11.1. The average molecular weight is 318 g/mol. The number of aromatic nitrogens is 1. The van der Waals surface area contributed by atoms with Crippen molar-refractivity contribution < 1.29 is 19.4 Å². The zero-order valence-electron chi connectivity index (χ0n) is 13.3. The highest BCUT2D eigenvalue weighted by Crippen LogP contribution is 2.21. The van der Waals surface area contributed by atoms with Crippen LogP contribution in [0.1, 0.15) is 36.0 Å². The van der Waals surface area contributed by atoms with Gasteiger partial charge in [-0.3, -0.25) is 4.79 Å². The van der Waals surface area contributed by atoms with Crippen molar-refractivity contribution in [1.82, 2.24) is 10.3 Å². The van der Waals surface area contributed by atoms with Gasteiger partial charge in [0.05, 0.1) is 24.4 Å². The van der Waals surface area contributed by atoms with Crippen LogP contribution in [0.2, 0.25) is 0 Å². The van der Waals surface area contributed by atoms with Gasteiger partial charge < -0.3 is 19.9 Å². The quantitative estimate of drug-likeness (QED) is 0.724. The molecule has 2 atom stereocenters. The van der Waals surface area contributed by atoms with E-state index in [0.717, 1.165) is 12.0 Å². The molecule has 2 rings (SSSR count). The van der Waals surface area contributed by atoms with Crippen molar-refractivity contribution in [2.75, 3.05) is 6.61 Å². The molecule has 0 saturated carbocycles. The number of rotatable bonds is 7. The Morgan fingerprint density at radius 3 is 2.65 bits per heavy atom. The standard InChI is InChI=1S/C17H22N2O4/c1-3-7-14(21)13(10-20)19-16(22)15-11(2)18-17(23-15)12-8-5-4-6-9-12/h4-6,8-9,13-14,20-21H,3,7,10H2,1-2H3,(H,19,22)/t13-,14+/m0/s1. The second-order valence-corrected chi connectivity index (χ2v) is 5.42. The lowest BCUT2D eigenvalue weighted by atomic mass is 10.1. The van der Waals surface area contributed by atoms with Gasteiger partial charge in [-0.1, -0.05) is 31.5 Å². The first kappa shape index (κ1) is 17.2. The van der Waals surface area contributed by atoms with Crippen molar-refractivity contribution in [2.24, 2.45) is 0 Å². The molecule has 0 aliphatic heterocycles. The molecule has 1 aromatic heterocycles. The number of benzene rings is 1. The number of nitrogens with one attached hydrogen (secondary N) is 1. The lowest BCUT2D eigenvalue weighted by Crippen LogP contribution is -2.45. The van der Waals surface area contributed by atoms with Gasteiger partial charge in [-0.15, -0.1) is 0 Å². The molecule has 1 amide bonds. The van der Waals surface area contributed by atoms with Crippen molar-refractivity contribution in [1.29, 1.82) is 0 Å². The highest BCUT2D eigenvalue weighted by molar-refractivity contribution is 5.93. The minimum Gasteiger partial charge on any atom is -0.431 e. The number of aliphatic hydroxyl groups is 2. The van der Waals surface area contributed by atoms with Crippen LogP contribution in [0.4, 0.5) is 0 Å². The molecule has 0 bridgehead atoms. The van der Waals surface area contributed by atoms with Crippen LogP contribution < -0.4 is 5.32 Å². The molecule has 0 radical (unpaired) electrons. The molecule has 0 unspecified atom stereocenters. The third kappa shape index (κ3) is 4.18. The molecular formula is C17H22N2O4. The van der Waals surface area contributed by atoms with Gasteiger partial charge in [0.25, 0.3) is 5.91 Å². The molecule has 3 N–H and O–H groups in total. The van der Waals surface area contributed by atoms with E-state index in [1.54, 1.807) is 6.92 Å². The SMILES string of the molecule is CCC[C@@H](O)[C@H](CO)NC(=O)c1oc(-c2ccccc2)nc1C. The van der Waals surface area contributed by atoms with Crippen LogP contribution in [-0.2, 0) is 0 Å². The van der Waals surface area contributed by atoms with Gasteiger partial charge in [-0.25, -0.2) is 4.98 Å². The Hall–Kier alpha value is -2.18. The minimum absolute atomic E-state index is 0.0889. The Bertz CT molecular complexity index is 639. The third-order valence-electron chi connectivity index (χ3n) is 3.59. The number of nitrogens with zero attached hydrogens (tertiary/aromatic N) is 1. The molecule has 0 fully saturated rings. The predicted octanol–water partition coefficient (Wildman–Crippen LogP) is 1.90. The number of hydrogen-bond donors (Lipinski definition) is 3. The van der Waals surface area contributed by atoms with Gasteiger partial charge in [-0.2, -0.15) is 0 Å². The Labute approximate surface area is 135 Å². The summed E-state index contributed by atoms with van der Waals surface area (Å²) in [6.07, 6.45) is 0.453. The van der Waals surface area contributed by atoms with Crippen LogP contribution in [0.25, 0.3) is 11.5 Å². The van der Waals surface area contributed by atoms with E-state index < -0.39 is 18.1 Å². The Kier molecular flexibility index (Phi) is 5.90. The zero-order chi connectivity index (χ0) is 16.8. The number of amides is 1. The van der Waals surface area contributed by atoms with Crippen LogP contribution in [0, 0.1) is 6.92 Å². The lowest BCUT2D eigenvalue weighted by molar-refractivity contribution is 0.0652. The summed E-state index contributed by atoms with van der Waals surface area (Å²) in [5, 5.41) is 21.9. The van der Waals surface area contributed by atoms with E-state index in [1.165, 1.54) is 0 Å². The fourth-order valence-electron chi connectivity index (χ4n) is 2.31. The van der Waals surface area contributed by atoms with Crippen LogP contribution in [0.5, 0.6) is 0 Å². The van der Waals surface area contributed by atoms with E-state index in [1.807, 2.05) is 37.3 Å². The number of oxazole rings is 1. The molecule has 23 heavy (non-hydrogen) atoms. The minimum atomic E-state index is -0.800. The second-order valence-electron chi connectivity index (χ2n) is 5.42. The second kappa shape index (κ2) is 7.89. The molecule has 6 nitrogen and oxygen atoms in total. The largest absolute Gasteiger partial charge is 0.431 e. The summed E-state index contributed by atoms with van der Waals surface area (Å²) in [5.41, 5.74) is 1.24. The fraction of sp³-hybridized carbons (Fsp3) is 0.412. The van der Waals surface area contributed by atoms with Gasteiger partial charge >= 0.3 is 0 Å². The van der Waals surface area contributed by atoms with Crippen molar-refractivity contribution in [3.05, 3.63) is 41.8 Å². The van der Waals surface area contributed by atoms with Crippen LogP contribution in [0.3, 0.4) is 0 Å². The molecule has 2 aromatic rings. The van der Waals surface area contributed by atoms with Gasteiger partial charge in [0, 0.05) is 5.56 Å². The maximum absolute atomic E-state index is 12.3. The van der Waals surface area contributed by atoms with Crippen molar-refractivity contribution >= 4 is 5.91 Å². The normalized spacial score (nSPS) is 13.6. The Morgan fingerprint density at radius 1 is 1.35 bits per heavy atom. The predicted molar refractivity (Wildman–Crippen MR) is 85.9 cm³/mol. The molecule has 1 heterocycles. The van der Waals surface area contributed by atoms with Crippen LogP contribution in [-0.4, -0.2) is 39.9 Å². The van der Waals surface area contributed by atoms with E-state index in [9.17, 15) is 15.0 Å². The summed E-state index contributed by atoms with van der Waals surface area (Å²) < 4.78 is 5.56. The molecule has 0 aliphatic rings. The molecule has 0 spiro atoms. The van der Waals surface area contributed by atoms with Gasteiger partial charge in [-0.05, 0) is 25.5 Å². The summed E-state index contributed by atoms with van der Waals surface area (Å²) in [5.74, 6) is -0.0414. The maximum atomic E-state index is 12.3. The van der Waals surface area contributed by atoms with Crippen LogP contribution >= 0.6 is 0 Å². The number of carbonyl (C=O) groups excluding carboxylic acids is 1. The molecule has 0 saturated heterocycles. The van der Waals surface area contributed by atoms with E-state index in [-0.39, 0.29) is 12.4 Å². The highest BCUT2D eigenvalue weighted by atomic mass is 16.4. The molecule has 124 valence electrons. The molecular weight excluding hydrogens is 296 g/mol. The summed E-state index contributed by atoms with van der Waals surface area (Å²) in [6.45, 7) is 3.26. The van der Waals surface area contributed by atoms with Crippen LogP contribution in [0.15, 0.2) is 34.7 Å². The smallest absolute Gasteiger partial charge is 0.289 e. The summed E-state index contributed by atoms with van der Waals surface area (Å²) >= 11 is 0. The Balaban J connectivity index is 2.15. The van der Waals surface area contributed by atoms with E-state index >= 15 is 0 Å². The van der Waals surface area contributed by atoms with Gasteiger partial charge in [0.1, 0.15) is 0 Å². The van der Waals surface area contributed by atoms with E-state index in [4.69, 9.17) is 4.42 Å². The van der Waals surface area contributed by atoms with E-state index in [2.05, 4.69) is 10.3 Å². The lowest BCUT2D eigenvalue weighted by Gasteiger charge is -2.21. The first-order valence-corrected chi connectivity index (χ1v) is 7.69. The third-order valence-corrected chi connectivity index (χ3v) is 3.59. The summed E-state index contributed by atoms with van der Waals surface area (Å²) in [6, 6.07) is 8.55. The molecule has 1 aromatic carbocycles. The number of aliphatic hydroxyl groups excluding tert-OH is 2. The van der Waals surface area contributed by atoms with E-state index in [0.29, 0.717) is 18.0 Å². The maximum Gasteiger partial charge on any atom is 0.289 e. The number of hydrogen-bond acceptors (Lipinski definition) is 5. The Morgan fingerprint density at radius 2 is 2.04 bits per heavy atom.